The highest BCUT2D eigenvalue weighted by molar-refractivity contribution is 6.30. The summed E-state index contributed by atoms with van der Waals surface area (Å²) in [5, 5.41) is 1.23. The quantitative estimate of drug-likeness (QED) is 0.528. The second-order valence-electron chi connectivity index (χ2n) is 6.21. The summed E-state index contributed by atoms with van der Waals surface area (Å²) in [6.45, 7) is 0.360. The van der Waals surface area contributed by atoms with E-state index >= 15 is 0 Å². The first kappa shape index (κ1) is 18.1. The zero-order valence-corrected chi connectivity index (χ0v) is 15.9. The van der Waals surface area contributed by atoms with Crippen LogP contribution in [0.3, 0.4) is 0 Å². The molecule has 0 aliphatic carbocycles. The maximum absolute atomic E-state index is 12.4. The molecule has 140 valence electrons. The number of halogens is 1. The van der Waals surface area contributed by atoms with E-state index in [1.54, 1.807) is 19.2 Å². The van der Waals surface area contributed by atoms with Crippen molar-refractivity contribution in [3.63, 3.8) is 0 Å². The third-order valence-electron chi connectivity index (χ3n) is 4.36. The molecule has 5 nitrogen and oxygen atoms in total. The lowest BCUT2D eigenvalue weighted by atomic mass is 10.1. The minimum absolute atomic E-state index is 0.181. The van der Waals surface area contributed by atoms with E-state index in [0.29, 0.717) is 39.9 Å². The van der Waals surface area contributed by atoms with E-state index in [-0.39, 0.29) is 5.56 Å². The molecule has 0 fully saturated rings. The normalized spacial score (nSPS) is 10.8. The van der Waals surface area contributed by atoms with E-state index in [1.165, 1.54) is 0 Å². The van der Waals surface area contributed by atoms with Gasteiger partial charge >= 0.3 is 0 Å². The van der Waals surface area contributed by atoms with Crippen LogP contribution in [0, 0.1) is 0 Å². The number of benzene rings is 3. The monoisotopic (exact) mass is 392 g/mol. The first-order chi connectivity index (χ1) is 13.6. The molecule has 0 radical (unpaired) electrons. The van der Waals surface area contributed by atoms with Crippen LogP contribution in [0.4, 0.5) is 0 Å². The first-order valence-electron chi connectivity index (χ1n) is 8.69. The van der Waals surface area contributed by atoms with Crippen molar-refractivity contribution in [3.8, 4) is 22.9 Å². The molecule has 0 saturated carbocycles. The largest absolute Gasteiger partial charge is 0.493 e. The fourth-order valence-corrected chi connectivity index (χ4v) is 3.03. The third kappa shape index (κ3) is 3.70. The molecule has 28 heavy (non-hydrogen) atoms. The van der Waals surface area contributed by atoms with E-state index in [4.69, 9.17) is 21.1 Å². The van der Waals surface area contributed by atoms with Crippen molar-refractivity contribution in [1.29, 1.82) is 0 Å². The maximum atomic E-state index is 12.4. The van der Waals surface area contributed by atoms with Gasteiger partial charge in [-0.25, -0.2) is 4.98 Å². The van der Waals surface area contributed by atoms with Crippen molar-refractivity contribution >= 4 is 22.5 Å². The Balaban J connectivity index is 1.68. The predicted molar refractivity (Wildman–Crippen MR) is 110 cm³/mol. The van der Waals surface area contributed by atoms with Gasteiger partial charge in [-0.05, 0) is 48.0 Å². The molecule has 0 amide bonds. The summed E-state index contributed by atoms with van der Waals surface area (Å²) in [7, 11) is 1.58. The van der Waals surface area contributed by atoms with Crippen molar-refractivity contribution in [3.05, 3.63) is 87.7 Å². The first-order valence-corrected chi connectivity index (χ1v) is 9.06. The van der Waals surface area contributed by atoms with Gasteiger partial charge in [0.25, 0.3) is 5.56 Å². The standard InChI is InChI=1S/C22H17ClN2O3/c1-27-19-11-8-15(12-20(19)28-13-14-6-9-16(23)10-7-14)21-24-18-5-3-2-4-17(18)22(26)25-21/h2-12H,13H2,1H3,(H,24,25,26). The molecule has 0 atom stereocenters. The number of nitrogens with zero attached hydrogens (tertiary/aromatic N) is 1. The number of para-hydroxylation sites is 1. The van der Waals surface area contributed by atoms with Gasteiger partial charge in [-0.3, -0.25) is 4.79 Å². The van der Waals surface area contributed by atoms with Gasteiger partial charge in [-0.2, -0.15) is 0 Å². The number of hydrogen-bond donors (Lipinski definition) is 1. The number of ether oxygens (including phenoxy) is 2. The molecular formula is C22H17ClN2O3. The van der Waals surface area contributed by atoms with Crippen molar-refractivity contribution in [2.24, 2.45) is 0 Å². The van der Waals surface area contributed by atoms with Crippen LogP contribution in [0.25, 0.3) is 22.3 Å². The Bertz CT molecular complexity index is 1190. The highest BCUT2D eigenvalue weighted by Gasteiger charge is 2.11. The Morgan fingerprint density at radius 2 is 1.79 bits per heavy atom. The molecule has 0 saturated heterocycles. The number of rotatable bonds is 5. The number of H-pyrrole nitrogens is 1. The number of aromatic nitrogens is 2. The van der Waals surface area contributed by atoms with Crippen LogP contribution >= 0.6 is 11.6 Å². The summed E-state index contributed by atoms with van der Waals surface area (Å²) in [5.74, 6) is 1.63. The number of fused-ring (bicyclic) bond motifs is 1. The summed E-state index contributed by atoms with van der Waals surface area (Å²) in [6, 6.07) is 20.1. The van der Waals surface area contributed by atoms with E-state index in [0.717, 1.165) is 11.1 Å². The molecule has 4 aromatic rings. The molecule has 0 aliphatic rings. The maximum Gasteiger partial charge on any atom is 0.259 e. The van der Waals surface area contributed by atoms with E-state index < -0.39 is 0 Å². The lowest BCUT2D eigenvalue weighted by Gasteiger charge is -2.12. The topological polar surface area (TPSA) is 64.2 Å². The lowest BCUT2D eigenvalue weighted by molar-refractivity contribution is 0.284. The molecule has 0 unspecified atom stereocenters. The number of aromatic amines is 1. The van der Waals surface area contributed by atoms with Crippen LogP contribution in [0.1, 0.15) is 5.56 Å². The van der Waals surface area contributed by atoms with Gasteiger partial charge in [0.05, 0.1) is 18.0 Å². The molecule has 0 aliphatic heterocycles. The van der Waals surface area contributed by atoms with E-state index in [9.17, 15) is 4.79 Å². The zero-order valence-electron chi connectivity index (χ0n) is 15.1. The Labute approximate surface area is 166 Å². The molecular weight excluding hydrogens is 376 g/mol. The SMILES string of the molecule is COc1ccc(-c2nc3ccccc3c(=O)[nH]2)cc1OCc1ccc(Cl)cc1. The van der Waals surface area contributed by atoms with Crippen molar-refractivity contribution < 1.29 is 9.47 Å². The lowest BCUT2D eigenvalue weighted by Crippen LogP contribution is -2.09. The Morgan fingerprint density at radius 3 is 2.57 bits per heavy atom. The second-order valence-corrected chi connectivity index (χ2v) is 6.65. The van der Waals surface area contributed by atoms with Crippen molar-refractivity contribution in [2.75, 3.05) is 7.11 Å². The Morgan fingerprint density at radius 1 is 1.00 bits per heavy atom. The molecule has 6 heteroatoms. The molecule has 0 spiro atoms. The van der Waals surface area contributed by atoms with Gasteiger partial charge in [-0.15, -0.1) is 0 Å². The summed E-state index contributed by atoms with van der Waals surface area (Å²) in [5.41, 5.74) is 2.17. The van der Waals surface area contributed by atoms with E-state index in [1.807, 2.05) is 54.6 Å². The Hall–Kier alpha value is -3.31. The second kappa shape index (κ2) is 7.74. The summed E-state index contributed by atoms with van der Waals surface area (Å²) in [4.78, 5) is 19.8. The van der Waals surface area contributed by atoms with Gasteiger partial charge < -0.3 is 14.5 Å². The molecule has 1 N–H and O–H groups in total. The van der Waals surface area contributed by atoms with Crippen LogP contribution in [-0.2, 0) is 6.61 Å². The number of nitrogens with one attached hydrogen (secondary N) is 1. The van der Waals surface area contributed by atoms with Gasteiger partial charge in [0.15, 0.2) is 11.5 Å². The summed E-state index contributed by atoms with van der Waals surface area (Å²) >= 11 is 5.92. The summed E-state index contributed by atoms with van der Waals surface area (Å²) < 4.78 is 11.3. The molecule has 1 heterocycles. The van der Waals surface area contributed by atoms with Gasteiger partial charge in [0.2, 0.25) is 0 Å². The van der Waals surface area contributed by atoms with Crippen LogP contribution in [0.15, 0.2) is 71.5 Å². The highest BCUT2D eigenvalue weighted by Crippen LogP contribution is 2.32. The molecule has 4 rings (SSSR count). The van der Waals surface area contributed by atoms with Crippen molar-refractivity contribution in [1.82, 2.24) is 9.97 Å². The van der Waals surface area contributed by atoms with Gasteiger partial charge in [-0.1, -0.05) is 35.9 Å². The van der Waals surface area contributed by atoms with Gasteiger partial charge in [0, 0.05) is 10.6 Å². The number of hydrogen-bond acceptors (Lipinski definition) is 4. The average molecular weight is 393 g/mol. The van der Waals surface area contributed by atoms with Crippen LogP contribution in [-0.4, -0.2) is 17.1 Å². The molecule has 1 aromatic heterocycles. The number of methoxy groups -OCH3 is 1. The van der Waals surface area contributed by atoms with Crippen LogP contribution in [0.2, 0.25) is 5.02 Å². The van der Waals surface area contributed by atoms with Crippen molar-refractivity contribution in [2.45, 2.75) is 6.61 Å². The third-order valence-corrected chi connectivity index (χ3v) is 4.61. The molecule has 0 bridgehead atoms. The smallest absolute Gasteiger partial charge is 0.259 e. The minimum atomic E-state index is -0.181. The highest BCUT2D eigenvalue weighted by atomic mass is 35.5. The Kier molecular flexibility index (Phi) is 5.00. The predicted octanol–water partition coefficient (Wildman–Crippen LogP) is 4.83. The zero-order chi connectivity index (χ0) is 19.5. The minimum Gasteiger partial charge on any atom is -0.493 e. The average Bonchev–Trinajstić information content (AvgIpc) is 2.73. The van der Waals surface area contributed by atoms with Crippen LogP contribution < -0.4 is 15.0 Å². The fraction of sp³-hybridized carbons (Fsp3) is 0.0909. The van der Waals surface area contributed by atoms with Gasteiger partial charge in [0.1, 0.15) is 12.4 Å². The molecule has 3 aromatic carbocycles. The van der Waals surface area contributed by atoms with Crippen LogP contribution in [0.5, 0.6) is 11.5 Å². The summed E-state index contributed by atoms with van der Waals surface area (Å²) in [6.07, 6.45) is 0. The van der Waals surface area contributed by atoms with E-state index in [2.05, 4.69) is 9.97 Å². The fourth-order valence-electron chi connectivity index (χ4n) is 2.90.